The molecule has 1 aromatic heterocycles. The number of aromatic nitrogens is 2. The molecule has 1 aromatic carbocycles. The summed E-state index contributed by atoms with van der Waals surface area (Å²) < 4.78 is 6.77. The second-order valence-electron chi connectivity index (χ2n) is 3.44. The molecule has 82 valence electrons. The quantitative estimate of drug-likeness (QED) is 0.736. The molecule has 0 saturated heterocycles. The topological polar surface area (TPSA) is 44.1 Å². The summed E-state index contributed by atoms with van der Waals surface area (Å²) in [4.78, 5) is 14.9. The smallest absolute Gasteiger partial charge is 0.185 e. The number of carbonyl (C=O) groups excluding carboxylic acids is 1. The van der Waals surface area contributed by atoms with Crippen molar-refractivity contribution in [3.05, 3.63) is 36.3 Å². The van der Waals surface area contributed by atoms with Crippen LogP contribution in [0, 0.1) is 0 Å². The molecule has 2 rings (SSSR count). The van der Waals surface area contributed by atoms with Crippen molar-refractivity contribution in [2.75, 3.05) is 7.11 Å². The Morgan fingerprint density at radius 3 is 2.50 bits per heavy atom. The van der Waals surface area contributed by atoms with Crippen molar-refractivity contribution in [1.82, 2.24) is 9.55 Å². The Balaban J connectivity index is 2.38. The Morgan fingerprint density at radius 2 is 2.00 bits per heavy atom. The highest BCUT2D eigenvalue weighted by molar-refractivity contribution is 5.72. The molecule has 0 atom stereocenters. The molecule has 2 aromatic rings. The van der Waals surface area contributed by atoms with E-state index >= 15 is 0 Å². The summed E-state index contributed by atoms with van der Waals surface area (Å²) in [5.74, 6) is 1.22. The summed E-state index contributed by atoms with van der Waals surface area (Å²) in [6.45, 7) is 0. The van der Waals surface area contributed by atoms with E-state index in [9.17, 15) is 4.79 Å². The van der Waals surface area contributed by atoms with Crippen LogP contribution >= 0.6 is 0 Å². The molecule has 16 heavy (non-hydrogen) atoms. The summed E-state index contributed by atoms with van der Waals surface area (Å²) >= 11 is 0. The van der Waals surface area contributed by atoms with Gasteiger partial charge in [0.1, 0.15) is 5.75 Å². The maximum atomic E-state index is 10.7. The lowest BCUT2D eigenvalue weighted by Crippen LogP contribution is -1.92. The van der Waals surface area contributed by atoms with Gasteiger partial charge < -0.3 is 9.30 Å². The zero-order valence-corrected chi connectivity index (χ0v) is 9.18. The largest absolute Gasteiger partial charge is 0.497 e. The van der Waals surface area contributed by atoms with Gasteiger partial charge in [0.25, 0.3) is 0 Å². The van der Waals surface area contributed by atoms with E-state index in [2.05, 4.69) is 4.98 Å². The number of hydrogen-bond donors (Lipinski definition) is 0. The minimum atomic E-state index is 0.422. The van der Waals surface area contributed by atoms with E-state index in [1.807, 2.05) is 30.5 Å². The van der Waals surface area contributed by atoms with Crippen molar-refractivity contribution >= 4 is 6.29 Å². The standard InChI is InChI=1S/C12H12N2O2/c1-14-7-11(13-12(14)8-15)9-3-5-10(16-2)6-4-9/h3-8H,1-2H3. The summed E-state index contributed by atoms with van der Waals surface area (Å²) in [7, 11) is 3.42. The van der Waals surface area contributed by atoms with E-state index in [0.29, 0.717) is 5.82 Å². The summed E-state index contributed by atoms with van der Waals surface area (Å²) in [5, 5.41) is 0. The Morgan fingerprint density at radius 1 is 1.31 bits per heavy atom. The number of nitrogens with zero attached hydrogens (tertiary/aromatic N) is 2. The number of ether oxygens (including phenoxy) is 1. The molecule has 0 N–H and O–H groups in total. The van der Waals surface area contributed by atoms with Crippen LogP contribution in [0.4, 0.5) is 0 Å². The molecule has 0 radical (unpaired) electrons. The van der Waals surface area contributed by atoms with Gasteiger partial charge in [0.05, 0.1) is 12.8 Å². The first-order valence-electron chi connectivity index (χ1n) is 4.87. The highest BCUT2D eigenvalue weighted by atomic mass is 16.5. The van der Waals surface area contributed by atoms with Crippen molar-refractivity contribution < 1.29 is 9.53 Å². The maximum Gasteiger partial charge on any atom is 0.185 e. The van der Waals surface area contributed by atoms with Gasteiger partial charge in [-0.05, 0) is 24.3 Å². The molecular formula is C12H12N2O2. The molecule has 0 unspecified atom stereocenters. The van der Waals surface area contributed by atoms with Crippen LogP contribution in [0.1, 0.15) is 10.6 Å². The number of aldehydes is 1. The van der Waals surface area contributed by atoms with Crippen LogP contribution in [-0.4, -0.2) is 22.9 Å². The zero-order valence-electron chi connectivity index (χ0n) is 9.18. The predicted molar refractivity (Wildman–Crippen MR) is 60.6 cm³/mol. The molecule has 0 aliphatic heterocycles. The number of hydrogen-bond acceptors (Lipinski definition) is 3. The van der Waals surface area contributed by atoms with Gasteiger partial charge in [0.15, 0.2) is 12.1 Å². The SMILES string of the molecule is COc1ccc(-c2cn(C)c(C=O)n2)cc1. The molecule has 0 aliphatic carbocycles. The van der Waals surface area contributed by atoms with Crippen LogP contribution in [0.15, 0.2) is 30.5 Å². The van der Waals surface area contributed by atoms with E-state index in [0.717, 1.165) is 23.3 Å². The molecule has 0 bridgehead atoms. The molecular weight excluding hydrogens is 204 g/mol. The van der Waals surface area contributed by atoms with Gasteiger partial charge in [-0.25, -0.2) is 4.98 Å². The number of rotatable bonds is 3. The highest BCUT2D eigenvalue weighted by Gasteiger charge is 2.06. The normalized spacial score (nSPS) is 10.1. The Kier molecular flexibility index (Phi) is 2.72. The lowest BCUT2D eigenvalue weighted by atomic mass is 10.2. The summed E-state index contributed by atoms with van der Waals surface area (Å²) in [5.41, 5.74) is 1.75. The average Bonchev–Trinajstić information content (AvgIpc) is 2.71. The van der Waals surface area contributed by atoms with Crippen molar-refractivity contribution in [2.24, 2.45) is 7.05 Å². The van der Waals surface area contributed by atoms with Gasteiger partial charge in [-0.3, -0.25) is 4.79 Å². The van der Waals surface area contributed by atoms with Crippen LogP contribution in [0.2, 0.25) is 0 Å². The molecule has 0 fully saturated rings. The van der Waals surface area contributed by atoms with Crippen molar-refractivity contribution in [3.63, 3.8) is 0 Å². The maximum absolute atomic E-state index is 10.7. The fourth-order valence-electron chi connectivity index (χ4n) is 1.49. The third-order valence-electron chi connectivity index (χ3n) is 2.40. The number of aryl methyl sites for hydroxylation is 1. The number of benzene rings is 1. The fourth-order valence-corrected chi connectivity index (χ4v) is 1.49. The lowest BCUT2D eigenvalue weighted by Gasteiger charge is -2.00. The molecule has 1 heterocycles. The summed E-state index contributed by atoms with van der Waals surface area (Å²) in [6, 6.07) is 7.56. The molecule has 4 nitrogen and oxygen atoms in total. The van der Waals surface area contributed by atoms with Gasteiger partial charge >= 0.3 is 0 Å². The number of imidazole rings is 1. The first-order valence-corrected chi connectivity index (χ1v) is 4.87. The number of methoxy groups -OCH3 is 1. The lowest BCUT2D eigenvalue weighted by molar-refractivity contribution is 0.111. The van der Waals surface area contributed by atoms with Gasteiger partial charge in [-0.2, -0.15) is 0 Å². The Labute approximate surface area is 93.5 Å². The molecule has 4 heteroatoms. The highest BCUT2D eigenvalue weighted by Crippen LogP contribution is 2.21. The van der Waals surface area contributed by atoms with Crippen molar-refractivity contribution in [2.45, 2.75) is 0 Å². The molecule has 0 saturated carbocycles. The first-order chi connectivity index (χ1) is 7.74. The monoisotopic (exact) mass is 216 g/mol. The van der Waals surface area contributed by atoms with Crippen LogP contribution < -0.4 is 4.74 Å². The third kappa shape index (κ3) is 1.82. The van der Waals surface area contributed by atoms with E-state index in [1.54, 1.807) is 18.7 Å². The van der Waals surface area contributed by atoms with Crippen LogP contribution in [0.5, 0.6) is 5.75 Å². The number of carbonyl (C=O) groups is 1. The Hall–Kier alpha value is -2.10. The molecule has 0 aliphatic rings. The average molecular weight is 216 g/mol. The molecule has 0 amide bonds. The third-order valence-corrected chi connectivity index (χ3v) is 2.40. The summed E-state index contributed by atoms with van der Waals surface area (Å²) in [6.07, 6.45) is 2.57. The second-order valence-corrected chi connectivity index (χ2v) is 3.44. The van der Waals surface area contributed by atoms with Gasteiger partial charge in [-0.15, -0.1) is 0 Å². The predicted octanol–water partition coefficient (Wildman–Crippen LogP) is 1.91. The Bertz CT molecular complexity index is 500. The molecule has 0 spiro atoms. The van der Waals surface area contributed by atoms with E-state index in [1.165, 1.54) is 0 Å². The van der Waals surface area contributed by atoms with E-state index in [-0.39, 0.29) is 0 Å². The van der Waals surface area contributed by atoms with Gasteiger partial charge in [-0.1, -0.05) is 0 Å². The van der Waals surface area contributed by atoms with Crippen molar-refractivity contribution in [3.8, 4) is 17.0 Å². The minimum absolute atomic E-state index is 0.422. The minimum Gasteiger partial charge on any atom is -0.497 e. The van der Waals surface area contributed by atoms with Crippen molar-refractivity contribution in [1.29, 1.82) is 0 Å². The second kappa shape index (κ2) is 4.18. The van der Waals surface area contributed by atoms with Crippen LogP contribution in [-0.2, 0) is 7.05 Å². The van der Waals surface area contributed by atoms with Crippen LogP contribution in [0.25, 0.3) is 11.3 Å². The van der Waals surface area contributed by atoms with Gasteiger partial charge in [0.2, 0.25) is 0 Å². The van der Waals surface area contributed by atoms with Crippen LogP contribution in [0.3, 0.4) is 0 Å². The fraction of sp³-hybridized carbons (Fsp3) is 0.167. The van der Waals surface area contributed by atoms with E-state index in [4.69, 9.17) is 4.74 Å². The first kappa shape index (κ1) is 10.4. The van der Waals surface area contributed by atoms with E-state index < -0.39 is 0 Å². The van der Waals surface area contributed by atoms with Gasteiger partial charge in [0, 0.05) is 18.8 Å². The zero-order chi connectivity index (χ0) is 11.5.